The summed E-state index contributed by atoms with van der Waals surface area (Å²) in [5.74, 6) is 0. The second-order valence-electron chi connectivity index (χ2n) is 11.0. The number of fused-ring (bicyclic) bond motifs is 6. The number of aromatic nitrogens is 1. The molecule has 0 bridgehead atoms. The summed E-state index contributed by atoms with van der Waals surface area (Å²) in [6, 6.07) is 33.5. The molecule has 0 N–H and O–H groups in total. The van der Waals surface area contributed by atoms with Gasteiger partial charge in [-0.1, -0.05) is 78.9 Å². The SMILES string of the molecule is FC(F)(F)c1ccc(C[n+]2c3c(c(-c4ccccc4)c4c2-c2ccccc2CC4)CCc2ccccc2-3)cc1.F[B-](F)(F)F. The maximum Gasteiger partial charge on any atom is 0.673 e. The van der Waals surface area contributed by atoms with Crippen LogP contribution in [0.1, 0.15) is 33.4 Å². The van der Waals surface area contributed by atoms with Crippen molar-refractivity contribution in [3.8, 4) is 33.6 Å². The largest absolute Gasteiger partial charge is 0.673 e. The van der Waals surface area contributed by atoms with Gasteiger partial charge in [0.2, 0.25) is 11.4 Å². The molecular weight excluding hydrogens is 578 g/mol. The van der Waals surface area contributed by atoms with E-state index in [1.807, 2.05) is 0 Å². The van der Waals surface area contributed by atoms with Crippen molar-refractivity contribution in [2.75, 3.05) is 0 Å². The number of benzene rings is 4. The third-order valence-electron chi connectivity index (χ3n) is 8.23. The van der Waals surface area contributed by atoms with E-state index in [4.69, 9.17) is 0 Å². The van der Waals surface area contributed by atoms with Gasteiger partial charge in [-0.3, -0.25) is 0 Å². The number of pyridine rings is 1. The number of aryl methyl sites for hydroxylation is 2. The van der Waals surface area contributed by atoms with E-state index in [0.29, 0.717) is 6.54 Å². The van der Waals surface area contributed by atoms with Crippen molar-refractivity contribution in [3.63, 3.8) is 0 Å². The van der Waals surface area contributed by atoms with Crippen molar-refractivity contribution >= 4 is 7.25 Å². The summed E-state index contributed by atoms with van der Waals surface area (Å²) < 4.78 is 81.4. The van der Waals surface area contributed by atoms with Crippen LogP contribution in [-0.4, -0.2) is 7.25 Å². The molecule has 44 heavy (non-hydrogen) atoms. The fourth-order valence-corrected chi connectivity index (χ4v) is 6.51. The van der Waals surface area contributed by atoms with Crippen LogP contribution in [0.15, 0.2) is 103 Å². The van der Waals surface area contributed by atoms with Gasteiger partial charge in [-0.05, 0) is 66.6 Å². The summed E-state index contributed by atoms with van der Waals surface area (Å²) in [6.07, 6.45) is -0.548. The molecule has 2 aliphatic rings. The molecule has 0 aliphatic heterocycles. The Hall–Kier alpha value is -4.40. The number of hydrogen-bond donors (Lipinski definition) is 0. The minimum absolute atomic E-state index is 0.501. The topological polar surface area (TPSA) is 3.88 Å². The normalized spacial score (nSPS) is 13.5. The van der Waals surface area contributed by atoms with E-state index < -0.39 is 19.0 Å². The van der Waals surface area contributed by atoms with Gasteiger partial charge in [-0.15, -0.1) is 0 Å². The first-order chi connectivity index (χ1) is 21.0. The molecule has 4 aromatic carbocycles. The Bertz CT molecular complexity index is 1730. The van der Waals surface area contributed by atoms with Crippen LogP contribution >= 0.6 is 0 Å². The average Bonchev–Trinajstić information content (AvgIpc) is 3.00. The second kappa shape index (κ2) is 11.6. The second-order valence-corrected chi connectivity index (χ2v) is 11.0. The minimum Gasteiger partial charge on any atom is -0.418 e. The van der Waals surface area contributed by atoms with E-state index in [0.717, 1.165) is 31.2 Å². The van der Waals surface area contributed by atoms with E-state index in [2.05, 4.69) is 83.4 Å². The molecule has 2 aliphatic carbocycles. The zero-order valence-electron chi connectivity index (χ0n) is 23.5. The van der Waals surface area contributed by atoms with Gasteiger partial charge in [-0.2, -0.15) is 17.7 Å². The van der Waals surface area contributed by atoms with Gasteiger partial charge in [-0.25, -0.2) is 0 Å². The number of halogens is 7. The molecule has 0 amide bonds. The number of nitrogens with zero attached hydrogens (tertiary/aromatic N) is 1. The molecule has 0 radical (unpaired) electrons. The number of hydrogen-bond acceptors (Lipinski definition) is 0. The highest BCUT2D eigenvalue weighted by molar-refractivity contribution is 6.50. The zero-order chi connectivity index (χ0) is 31.1. The molecular formula is C35H27BF7N. The fourth-order valence-electron chi connectivity index (χ4n) is 6.51. The van der Waals surface area contributed by atoms with Gasteiger partial charge in [0.15, 0.2) is 6.54 Å². The monoisotopic (exact) mass is 605 g/mol. The summed E-state index contributed by atoms with van der Waals surface area (Å²) in [5.41, 5.74) is 12.9. The van der Waals surface area contributed by atoms with E-state index >= 15 is 0 Å². The first kappa shape index (κ1) is 29.7. The Morgan fingerprint density at radius 2 is 1.02 bits per heavy atom. The quantitative estimate of drug-likeness (QED) is 0.110. The molecule has 1 heterocycles. The first-order valence-electron chi connectivity index (χ1n) is 14.4. The molecule has 0 atom stereocenters. The van der Waals surface area contributed by atoms with Gasteiger partial charge in [0.25, 0.3) is 0 Å². The number of alkyl halides is 3. The molecule has 0 unspecified atom stereocenters. The smallest absolute Gasteiger partial charge is 0.418 e. The summed E-state index contributed by atoms with van der Waals surface area (Å²) in [6.45, 7) is 0.501. The molecule has 224 valence electrons. The van der Waals surface area contributed by atoms with E-state index in [1.165, 1.54) is 68.0 Å². The predicted octanol–water partition coefficient (Wildman–Crippen LogP) is 9.54. The lowest BCUT2D eigenvalue weighted by molar-refractivity contribution is -0.667. The third-order valence-corrected chi connectivity index (χ3v) is 8.23. The summed E-state index contributed by atoms with van der Waals surface area (Å²) in [7, 11) is -6.00. The summed E-state index contributed by atoms with van der Waals surface area (Å²) in [5, 5.41) is 0. The average molecular weight is 605 g/mol. The Morgan fingerprint density at radius 3 is 1.50 bits per heavy atom. The third kappa shape index (κ3) is 6.00. The first-order valence-corrected chi connectivity index (χ1v) is 14.4. The highest BCUT2D eigenvalue weighted by Crippen LogP contribution is 2.45. The predicted molar refractivity (Wildman–Crippen MR) is 158 cm³/mol. The van der Waals surface area contributed by atoms with E-state index in [-0.39, 0.29) is 0 Å². The van der Waals surface area contributed by atoms with Crippen LogP contribution in [-0.2, 0) is 38.4 Å². The lowest BCUT2D eigenvalue weighted by Gasteiger charge is -2.28. The molecule has 0 saturated heterocycles. The lowest BCUT2D eigenvalue weighted by atomic mass is 9.77. The fraction of sp³-hybridized carbons (Fsp3) is 0.171. The van der Waals surface area contributed by atoms with Gasteiger partial charge < -0.3 is 17.3 Å². The van der Waals surface area contributed by atoms with Gasteiger partial charge in [0.1, 0.15) is 0 Å². The standard InChI is InChI=1S/C35H27F3N.BF4/c36-35(37,38)27-18-14-23(15-19-27)22-39-33-28-12-6-4-8-24(28)16-20-30(33)32(26-10-2-1-3-11-26)31-21-17-25-9-5-7-13-29(25)34(31)39;2-1(3,4)5/h1-15,18-19H,16-17,20-22H2;/q+1;-1. The van der Waals surface area contributed by atoms with Crippen LogP contribution in [0.5, 0.6) is 0 Å². The van der Waals surface area contributed by atoms with Gasteiger partial charge in [0.05, 0.1) is 5.56 Å². The highest BCUT2D eigenvalue weighted by atomic mass is 19.5. The Kier molecular flexibility index (Phi) is 7.82. The zero-order valence-corrected chi connectivity index (χ0v) is 23.5. The Balaban J connectivity index is 0.000000637. The van der Waals surface area contributed by atoms with Crippen molar-refractivity contribution in [1.29, 1.82) is 0 Å². The van der Waals surface area contributed by atoms with Crippen LogP contribution in [0.3, 0.4) is 0 Å². The number of rotatable bonds is 3. The maximum absolute atomic E-state index is 13.3. The van der Waals surface area contributed by atoms with Gasteiger partial charge in [0, 0.05) is 33.4 Å². The van der Waals surface area contributed by atoms with Crippen LogP contribution in [0.4, 0.5) is 30.4 Å². The van der Waals surface area contributed by atoms with Crippen LogP contribution in [0.25, 0.3) is 33.6 Å². The molecule has 0 saturated carbocycles. The molecule has 0 fully saturated rings. The molecule has 1 nitrogen and oxygen atoms in total. The van der Waals surface area contributed by atoms with Crippen molar-refractivity contribution in [3.05, 3.63) is 137 Å². The Morgan fingerprint density at radius 1 is 0.568 bits per heavy atom. The minimum atomic E-state index is -6.00. The molecule has 1 aromatic heterocycles. The summed E-state index contributed by atoms with van der Waals surface area (Å²) in [4.78, 5) is 0. The molecule has 9 heteroatoms. The van der Waals surface area contributed by atoms with E-state index in [9.17, 15) is 30.4 Å². The highest BCUT2D eigenvalue weighted by Gasteiger charge is 2.38. The van der Waals surface area contributed by atoms with E-state index in [1.54, 1.807) is 12.1 Å². The van der Waals surface area contributed by atoms with Crippen LogP contribution < -0.4 is 4.57 Å². The summed E-state index contributed by atoms with van der Waals surface area (Å²) >= 11 is 0. The lowest BCUT2D eigenvalue weighted by Crippen LogP contribution is -2.44. The molecule has 7 rings (SSSR count). The maximum atomic E-state index is 13.3. The molecule has 0 spiro atoms. The van der Waals surface area contributed by atoms with Crippen molar-refractivity contribution in [2.45, 2.75) is 38.4 Å². The van der Waals surface area contributed by atoms with Crippen LogP contribution in [0, 0.1) is 0 Å². The van der Waals surface area contributed by atoms with Gasteiger partial charge >= 0.3 is 13.4 Å². The molecule has 5 aromatic rings. The Labute approximate surface area is 250 Å². The van der Waals surface area contributed by atoms with Crippen molar-refractivity contribution in [1.82, 2.24) is 0 Å². The van der Waals surface area contributed by atoms with Crippen molar-refractivity contribution < 1.29 is 35.0 Å². The van der Waals surface area contributed by atoms with Crippen LogP contribution in [0.2, 0.25) is 0 Å². The van der Waals surface area contributed by atoms with Crippen molar-refractivity contribution in [2.24, 2.45) is 0 Å².